The van der Waals surface area contributed by atoms with Crippen molar-refractivity contribution < 1.29 is 54.2 Å². The topological polar surface area (TPSA) is 128 Å². The molecule has 0 radical (unpaired) electrons. The summed E-state index contributed by atoms with van der Waals surface area (Å²) in [6.45, 7) is 3.32. The van der Waals surface area contributed by atoms with Crippen molar-refractivity contribution >= 4 is 51.0 Å². The molecule has 164 valence electrons. The molecule has 0 aliphatic carbocycles. The molecule has 1 saturated heterocycles. The Balaban J connectivity index is 0.00000259. The number of pyridine rings is 1. The number of aliphatic hydroxyl groups is 1. The van der Waals surface area contributed by atoms with E-state index in [0.717, 1.165) is 11.3 Å². The molecule has 1 fully saturated rings. The zero-order valence-electron chi connectivity index (χ0n) is 17.9. The molecule has 5 heterocycles. The van der Waals surface area contributed by atoms with E-state index in [1.54, 1.807) is 31.5 Å². The largest absolute Gasteiger partial charge is 1.00 e. The summed E-state index contributed by atoms with van der Waals surface area (Å²) in [7, 11) is 0. The van der Waals surface area contributed by atoms with E-state index in [1.807, 2.05) is 0 Å². The number of rotatable bonds is 5. The summed E-state index contributed by atoms with van der Waals surface area (Å²) >= 11 is 7.43. The van der Waals surface area contributed by atoms with Crippen LogP contribution in [0.5, 0.6) is 0 Å². The molecule has 9 nitrogen and oxygen atoms in total. The maximum atomic E-state index is 13.0. The molecular weight excluding hydrogens is 479 g/mol. The van der Waals surface area contributed by atoms with Gasteiger partial charge in [-0.3, -0.25) is 19.0 Å². The van der Waals surface area contributed by atoms with Gasteiger partial charge >= 0.3 is 29.6 Å². The number of amides is 1. The SMILES string of the molecule is C[C@@H](O)[C@H]1C(=O)N2C(C(=O)[O-])=C(c3cn4c(Cl)nc(C(=O)c5cccnc5)c4s3)[C@H](C)[C@H]12.[Na+]. The first-order valence-electron chi connectivity index (χ1n) is 9.81. The second-order valence-corrected chi connectivity index (χ2v) is 9.24. The summed E-state index contributed by atoms with van der Waals surface area (Å²) in [6.07, 6.45) is 3.68. The van der Waals surface area contributed by atoms with Gasteiger partial charge in [-0.25, -0.2) is 4.98 Å². The summed E-state index contributed by atoms with van der Waals surface area (Å²) < 4.78 is 1.52. The number of aromatic nitrogens is 3. The molecule has 0 bridgehead atoms. The number of carboxylic acid groups (broad SMARTS) is 1. The van der Waals surface area contributed by atoms with Crippen LogP contribution >= 0.6 is 22.9 Å². The molecule has 3 aromatic rings. The number of hydrogen-bond donors (Lipinski definition) is 1. The number of hydrogen-bond acceptors (Lipinski definition) is 8. The van der Waals surface area contributed by atoms with Crippen molar-refractivity contribution in [1.29, 1.82) is 0 Å². The van der Waals surface area contributed by atoms with Crippen molar-refractivity contribution in [1.82, 2.24) is 19.3 Å². The predicted octanol–water partition coefficient (Wildman–Crippen LogP) is -2.00. The zero-order valence-corrected chi connectivity index (χ0v) is 21.4. The van der Waals surface area contributed by atoms with Crippen LogP contribution in [-0.2, 0) is 9.59 Å². The average Bonchev–Trinajstić information content (AvgIpc) is 3.38. The molecule has 1 amide bonds. The van der Waals surface area contributed by atoms with Gasteiger partial charge in [-0.15, -0.1) is 11.3 Å². The number of β-lactam (4-membered cyclic amide) rings is 1. The molecule has 3 aromatic heterocycles. The molecule has 1 N–H and O–H groups in total. The number of thiazole rings is 1. The van der Waals surface area contributed by atoms with Crippen LogP contribution in [0, 0.1) is 11.8 Å². The van der Waals surface area contributed by atoms with Gasteiger partial charge in [0.25, 0.3) is 0 Å². The van der Waals surface area contributed by atoms with Crippen LogP contribution in [0.15, 0.2) is 36.4 Å². The van der Waals surface area contributed by atoms with Gasteiger partial charge in [0.05, 0.1) is 34.6 Å². The first-order valence-corrected chi connectivity index (χ1v) is 11.0. The summed E-state index contributed by atoms with van der Waals surface area (Å²) in [5.74, 6) is -3.33. The van der Waals surface area contributed by atoms with Crippen LogP contribution in [-0.4, -0.2) is 54.2 Å². The Bertz CT molecular complexity index is 1340. The van der Waals surface area contributed by atoms with E-state index in [9.17, 15) is 24.6 Å². The molecule has 12 heteroatoms. The third-order valence-corrected chi connectivity index (χ3v) is 7.44. The third kappa shape index (κ3) is 3.48. The van der Waals surface area contributed by atoms with Crippen molar-refractivity contribution in [2.45, 2.75) is 26.0 Å². The maximum Gasteiger partial charge on any atom is 1.00 e. The minimum Gasteiger partial charge on any atom is -0.543 e. The Morgan fingerprint density at radius 3 is 2.70 bits per heavy atom. The molecule has 33 heavy (non-hydrogen) atoms. The first kappa shape index (κ1) is 24.1. The smallest absolute Gasteiger partial charge is 0.543 e. The number of carbonyl (C=O) groups excluding carboxylic acids is 3. The van der Waals surface area contributed by atoms with Crippen LogP contribution in [0.4, 0.5) is 0 Å². The Morgan fingerprint density at radius 1 is 1.36 bits per heavy atom. The first-order chi connectivity index (χ1) is 15.2. The number of ketones is 1. The van der Waals surface area contributed by atoms with Gasteiger partial charge in [-0.1, -0.05) is 6.92 Å². The quantitative estimate of drug-likeness (QED) is 0.247. The Labute approximate surface area is 219 Å². The van der Waals surface area contributed by atoms with Gasteiger partial charge in [0.2, 0.25) is 17.0 Å². The van der Waals surface area contributed by atoms with Gasteiger partial charge in [0.15, 0.2) is 0 Å². The van der Waals surface area contributed by atoms with Crippen molar-refractivity contribution in [3.05, 3.63) is 57.8 Å². The fraction of sp³-hybridized carbons (Fsp3) is 0.286. The molecule has 0 aromatic carbocycles. The molecule has 5 rings (SSSR count). The number of fused-ring (bicyclic) bond motifs is 2. The summed E-state index contributed by atoms with van der Waals surface area (Å²) in [6, 6.07) is 2.78. The normalized spacial score (nSPS) is 22.7. The fourth-order valence-corrected chi connectivity index (χ4v) is 6.14. The van der Waals surface area contributed by atoms with E-state index in [2.05, 4.69) is 9.97 Å². The molecule has 0 unspecified atom stereocenters. The third-order valence-electron chi connectivity index (χ3n) is 6.05. The maximum absolute atomic E-state index is 13.0. The number of imidazole rings is 1. The molecule has 2 aliphatic heterocycles. The van der Waals surface area contributed by atoms with Crippen LogP contribution in [0.2, 0.25) is 5.28 Å². The Morgan fingerprint density at radius 2 is 2.09 bits per heavy atom. The zero-order chi connectivity index (χ0) is 22.9. The van der Waals surface area contributed by atoms with Crippen molar-refractivity contribution in [2.24, 2.45) is 11.8 Å². The number of carbonyl (C=O) groups is 3. The monoisotopic (exact) mass is 494 g/mol. The molecule has 0 saturated carbocycles. The van der Waals surface area contributed by atoms with E-state index in [4.69, 9.17) is 11.6 Å². The van der Waals surface area contributed by atoms with Crippen molar-refractivity contribution in [3.63, 3.8) is 0 Å². The van der Waals surface area contributed by atoms with E-state index >= 15 is 0 Å². The number of halogens is 1. The van der Waals surface area contributed by atoms with Crippen LogP contribution in [0.3, 0.4) is 0 Å². The van der Waals surface area contributed by atoms with Gasteiger partial charge < -0.3 is 19.9 Å². The Hall–Kier alpha value is -2.08. The van der Waals surface area contributed by atoms with E-state index in [0.29, 0.717) is 20.8 Å². The second kappa shape index (κ2) is 8.61. The van der Waals surface area contributed by atoms with Gasteiger partial charge in [0.1, 0.15) is 10.5 Å². The van der Waals surface area contributed by atoms with Gasteiger partial charge in [-0.05, 0) is 30.7 Å². The van der Waals surface area contributed by atoms with E-state index < -0.39 is 29.9 Å². The van der Waals surface area contributed by atoms with Crippen molar-refractivity contribution in [2.75, 3.05) is 0 Å². The summed E-state index contributed by atoms with van der Waals surface area (Å²) in [5.41, 5.74) is 0.674. The summed E-state index contributed by atoms with van der Waals surface area (Å²) in [5, 5.41) is 22.1. The number of carboxylic acids is 1. The molecule has 2 aliphatic rings. The number of aliphatic carboxylic acids is 1. The molecule has 4 atom stereocenters. The number of aliphatic hydroxyl groups excluding tert-OH is 1. The van der Waals surface area contributed by atoms with Gasteiger partial charge in [-0.2, -0.15) is 0 Å². The van der Waals surface area contributed by atoms with E-state index in [-0.39, 0.29) is 57.9 Å². The molecular formula is C21H16ClN4NaO5S. The Kier molecular flexibility index (Phi) is 6.27. The van der Waals surface area contributed by atoms with Crippen LogP contribution in [0.25, 0.3) is 10.4 Å². The second-order valence-electron chi connectivity index (χ2n) is 7.87. The minimum absolute atomic E-state index is 0. The minimum atomic E-state index is -1.47. The predicted molar refractivity (Wildman–Crippen MR) is 113 cm³/mol. The van der Waals surface area contributed by atoms with Crippen molar-refractivity contribution in [3.8, 4) is 0 Å². The summed E-state index contributed by atoms with van der Waals surface area (Å²) in [4.78, 5) is 47.8. The fourth-order valence-electron chi connectivity index (χ4n) is 4.64. The van der Waals surface area contributed by atoms with E-state index in [1.165, 1.54) is 22.4 Å². The number of nitrogens with zero attached hydrogens (tertiary/aromatic N) is 4. The van der Waals surface area contributed by atoms with Gasteiger partial charge in [0, 0.05) is 35.6 Å². The molecule has 0 spiro atoms. The van der Waals surface area contributed by atoms with Crippen LogP contribution in [0.1, 0.15) is 34.8 Å². The average molecular weight is 495 g/mol. The van der Waals surface area contributed by atoms with Crippen LogP contribution < -0.4 is 34.7 Å². The standard InChI is InChI=1S/C21H17ClN4O5S.Na/c1-8-12(16(20(30)31)26-15(8)13(9(2)27)18(26)29)11-7-25-19(32-11)14(24-21(25)22)17(28)10-4-3-5-23-6-10;/h3-9,13,15,27H,1-2H3,(H,30,31);/q;+1/p-1/t8-,9+,13+,15+;/m0./s1.